The van der Waals surface area contributed by atoms with Crippen molar-refractivity contribution in [2.75, 3.05) is 32.0 Å². The first kappa shape index (κ1) is 19.7. The molecule has 1 unspecified atom stereocenters. The van der Waals surface area contributed by atoms with Crippen molar-refractivity contribution in [2.24, 2.45) is 5.92 Å². The van der Waals surface area contributed by atoms with Crippen molar-refractivity contribution >= 4 is 17.3 Å². The zero-order valence-corrected chi connectivity index (χ0v) is 15.5. The van der Waals surface area contributed by atoms with Crippen molar-refractivity contribution in [2.45, 2.75) is 19.0 Å². The van der Waals surface area contributed by atoms with E-state index in [1.807, 2.05) is 0 Å². The number of benzene rings is 1. The smallest absolute Gasteiger partial charge is 0.382 e. The summed E-state index contributed by atoms with van der Waals surface area (Å²) in [4.78, 5) is 14.7. The number of alkyl halides is 3. The van der Waals surface area contributed by atoms with Crippen LogP contribution in [0.5, 0.6) is 0 Å². The monoisotopic (exact) mass is 400 g/mol. The normalized spacial score (nSPS) is 18.5. The second kappa shape index (κ2) is 7.90. The molecular formula is C18H20ClF3N4O. The highest BCUT2D eigenvalue weighted by atomic mass is 35.5. The molecule has 5 nitrogen and oxygen atoms in total. The van der Waals surface area contributed by atoms with Crippen LogP contribution in [0.25, 0.3) is 5.69 Å². The number of halogens is 4. The predicted molar refractivity (Wildman–Crippen MR) is 98.6 cm³/mol. The molecule has 1 N–H and O–H groups in total. The van der Waals surface area contributed by atoms with Gasteiger partial charge in [-0.1, -0.05) is 17.7 Å². The number of likely N-dealkylation sites (tertiary alicyclic amines) is 1. The Bertz CT molecular complexity index is 868. The topological polar surface area (TPSA) is 50.2 Å². The molecule has 1 aliphatic rings. The Morgan fingerprint density at radius 3 is 2.85 bits per heavy atom. The average molecular weight is 401 g/mol. The Kier molecular flexibility index (Phi) is 5.76. The van der Waals surface area contributed by atoms with Gasteiger partial charge in [-0.25, -0.2) is 0 Å². The van der Waals surface area contributed by atoms with Crippen LogP contribution < -0.4 is 10.9 Å². The maximum absolute atomic E-state index is 12.9. The molecule has 1 aromatic heterocycles. The molecule has 2 aromatic rings. The molecule has 9 heteroatoms. The minimum atomic E-state index is -4.50. The minimum absolute atomic E-state index is 0.0113. The van der Waals surface area contributed by atoms with E-state index in [-0.39, 0.29) is 10.7 Å². The number of aromatic nitrogens is 2. The average Bonchev–Trinajstić information content (AvgIpc) is 2.62. The van der Waals surface area contributed by atoms with Gasteiger partial charge in [-0.05, 0) is 50.6 Å². The lowest BCUT2D eigenvalue weighted by Crippen LogP contribution is -2.35. The van der Waals surface area contributed by atoms with Crippen LogP contribution in [0.15, 0.2) is 35.3 Å². The van der Waals surface area contributed by atoms with Gasteiger partial charge < -0.3 is 10.2 Å². The highest BCUT2D eigenvalue weighted by Gasteiger charge is 2.30. The molecule has 0 spiro atoms. The summed E-state index contributed by atoms with van der Waals surface area (Å²) in [6, 6.07) is 4.42. The number of nitrogens with zero attached hydrogens (tertiary/aromatic N) is 3. The van der Waals surface area contributed by atoms with Crippen LogP contribution in [-0.2, 0) is 6.18 Å². The maximum Gasteiger partial charge on any atom is 0.416 e. The van der Waals surface area contributed by atoms with E-state index in [9.17, 15) is 18.0 Å². The Balaban J connectivity index is 1.80. The number of piperidine rings is 1. The molecule has 1 aliphatic heterocycles. The zero-order valence-electron chi connectivity index (χ0n) is 14.8. The lowest BCUT2D eigenvalue weighted by molar-refractivity contribution is -0.137. The van der Waals surface area contributed by atoms with Crippen LogP contribution >= 0.6 is 11.6 Å². The molecule has 1 saturated heterocycles. The van der Waals surface area contributed by atoms with Crippen LogP contribution in [0.2, 0.25) is 5.02 Å². The molecule has 0 radical (unpaired) electrons. The summed E-state index contributed by atoms with van der Waals surface area (Å²) in [5.41, 5.74) is -1.12. The van der Waals surface area contributed by atoms with Gasteiger partial charge in [0.2, 0.25) is 0 Å². The number of anilines is 1. The van der Waals surface area contributed by atoms with Crippen molar-refractivity contribution in [1.82, 2.24) is 14.7 Å². The number of rotatable bonds is 4. The fourth-order valence-corrected chi connectivity index (χ4v) is 3.44. The van der Waals surface area contributed by atoms with E-state index < -0.39 is 17.3 Å². The molecule has 1 fully saturated rings. The van der Waals surface area contributed by atoms with Crippen LogP contribution in [0.3, 0.4) is 0 Å². The molecule has 0 amide bonds. The Morgan fingerprint density at radius 2 is 2.15 bits per heavy atom. The molecule has 27 heavy (non-hydrogen) atoms. The number of hydrogen-bond acceptors (Lipinski definition) is 4. The van der Waals surface area contributed by atoms with Crippen molar-refractivity contribution in [3.63, 3.8) is 0 Å². The summed E-state index contributed by atoms with van der Waals surface area (Å²) < 4.78 is 39.5. The first-order chi connectivity index (χ1) is 12.8. The lowest BCUT2D eigenvalue weighted by Gasteiger charge is -2.30. The van der Waals surface area contributed by atoms with Gasteiger partial charge >= 0.3 is 6.18 Å². The molecule has 146 valence electrons. The highest BCUT2D eigenvalue weighted by molar-refractivity contribution is 6.32. The summed E-state index contributed by atoms with van der Waals surface area (Å²) in [6.45, 7) is 2.68. The fraction of sp³-hybridized carbons (Fsp3) is 0.444. The maximum atomic E-state index is 12.9. The summed E-state index contributed by atoms with van der Waals surface area (Å²) in [7, 11) is 2.07. The molecule has 0 bridgehead atoms. The molecule has 2 heterocycles. The molecule has 0 aliphatic carbocycles. The van der Waals surface area contributed by atoms with E-state index in [1.54, 1.807) is 0 Å². The summed E-state index contributed by atoms with van der Waals surface area (Å²) >= 11 is 6.16. The van der Waals surface area contributed by atoms with Gasteiger partial charge in [-0.2, -0.15) is 23.0 Å². The third-order valence-corrected chi connectivity index (χ3v) is 5.01. The number of hydrogen-bond donors (Lipinski definition) is 1. The summed E-state index contributed by atoms with van der Waals surface area (Å²) in [5, 5.41) is 7.04. The number of nitrogens with one attached hydrogen (secondary N) is 1. The van der Waals surface area contributed by atoms with Gasteiger partial charge in [0.15, 0.2) is 0 Å². The van der Waals surface area contributed by atoms with E-state index in [2.05, 4.69) is 22.4 Å². The second-order valence-electron chi connectivity index (χ2n) is 6.79. The highest BCUT2D eigenvalue weighted by Crippen LogP contribution is 2.30. The minimum Gasteiger partial charge on any atom is -0.382 e. The third kappa shape index (κ3) is 4.62. The molecule has 1 aromatic carbocycles. The third-order valence-electron chi connectivity index (χ3n) is 4.64. The van der Waals surface area contributed by atoms with Gasteiger partial charge in [0, 0.05) is 13.1 Å². The standard InChI is InChI=1S/C18H20ClF3N4O/c1-25-7-3-4-12(11-25)9-23-15-10-24-26(17(27)16(15)19)14-6-2-5-13(8-14)18(20,21)22/h2,5-6,8,10,12,23H,3-4,7,9,11H2,1H3. The van der Waals surface area contributed by atoms with Gasteiger partial charge in [0.25, 0.3) is 5.56 Å². The first-order valence-electron chi connectivity index (χ1n) is 8.63. The van der Waals surface area contributed by atoms with Gasteiger partial charge in [0.05, 0.1) is 23.1 Å². The van der Waals surface area contributed by atoms with Crippen molar-refractivity contribution < 1.29 is 13.2 Å². The molecule has 0 saturated carbocycles. The molecule has 1 atom stereocenters. The zero-order chi connectivity index (χ0) is 19.6. The summed E-state index contributed by atoms with van der Waals surface area (Å²) in [6.07, 6.45) is -0.926. The first-order valence-corrected chi connectivity index (χ1v) is 9.01. The van der Waals surface area contributed by atoms with Crippen molar-refractivity contribution in [1.29, 1.82) is 0 Å². The molecular weight excluding hydrogens is 381 g/mol. The van der Waals surface area contributed by atoms with E-state index in [0.717, 1.165) is 42.7 Å². The second-order valence-corrected chi connectivity index (χ2v) is 7.17. The predicted octanol–water partition coefficient (Wildman–Crippen LogP) is 3.66. The van der Waals surface area contributed by atoms with Gasteiger partial charge in [-0.15, -0.1) is 0 Å². The molecule has 3 rings (SSSR count). The Labute approximate surface area is 159 Å². The lowest BCUT2D eigenvalue weighted by atomic mass is 9.98. The van der Waals surface area contributed by atoms with Crippen LogP contribution in [0.1, 0.15) is 18.4 Å². The van der Waals surface area contributed by atoms with Crippen LogP contribution in [0.4, 0.5) is 18.9 Å². The summed E-state index contributed by atoms with van der Waals surface area (Å²) in [5.74, 6) is 0.436. The van der Waals surface area contributed by atoms with E-state index in [4.69, 9.17) is 11.6 Å². The van der Waals surface area contributed by atoms with E-state index in [0.29, 0.717) is 18.2 Å². The van der Waals surface area contributed by atoms with Crippen molar-refractivity contribution in [3.8, 4) is 5.69 Å². The van der Waals surface area contributed by atoms with Crippen molar-refractivity contribution in [3.05, 3.63) is 51.4 Å². The Morgan fingerprint density at radius 1 is 1.37 bits per heavy atom. The Hall–Kier alpha value is -2.06. The largest absolute Gasteiger partial charge is 0.416 e. The fourth-order valence-electron chi connectivity index (χ4n) is 3.25. The van der Waals surface area contributed by atoms with E-state index >= 15 is 0 Å². The van der Waals surface area contributed by atoms with Crippen LogP contribution in [0, 0.1) is 5.92 Å². The van der Waals surface area contributed by atoms with E-state index in [1.165, 1.54) is 18.3 Å². The quantitative estimate of drug-likeness (QED) is 0.851. The SMILES string of the molecule is CN1CCCC(CNc2cnn(-c3cccc(C(F)(F)F)c3)c(=O)c2Cl)C1. The van der Waals surface area contributed by atoms with Crippen LogP contribution in [-0.4, -0.2) is 41.4 Å². The van der Waals surface area contributed by atoms with Gasteiger partial charge in [-0.3, -0.25) is 4.79 Å². The van der Waals surface area contributed by atoms with Gasteiger partial charge in [0.1, 0.15) is 5.02 Å².